The van der Waals surface area contributed by atoms with Crippen LogP contribution in [0.25, 0.3) is 143 Å². The van der Waals surface area contributed by atoms with Crippen LogP contribution in [0.4, 0.5) is 0 Å². The number of aromatic nitrogens is 2. The highest BCUT2D eigenvalue weighted by Gasteiger charge is 2.45. The second kappa shape index (κ2) is 22.3. The Hall–Kier alpha value is -11.9. The molecule has 16 aromatic carbocycles. The summed E-state index contributed by atoms with van der Waals surface area (Å²) in [7, 11) is -6.33. The third-order valence-electron chi connectivity index (χ3n) is 23.6. The number of hydrogen-bond acceptors (Lipinski definition) is 2. The van der Waals surface area contributed by atoms with Gasteiger partial charge >= 0.3 is 0 Å². The van der Waals surface area contributed by atoms with Crippen LogP contribution in [-0.4, -0.2) is 9.13 Å². The standard InChI is InChI=1S/2C49H34NOP/c1-49(2)41-22-9-6-16-35(41)36-27-26-31(30-42(36)49)33-19-12-21-37-34(33)20-13-24-43(37)50-44-23-10-7-18-40(44)47-45(50)29-28-39-38-17-8-11-25-46(38)52(51,48(39)47)32-14-4-3-5-15-32;1-49(2)42-17-9-6-14-37(42)38-25-23-34(30-43(38)49)31-20-21-33-29-35(24-22-32(33)28-31)50-44-18-10-7-16-41(44)47-45(50)27-26-40-39-15-8-11-19-46(39)52(51,48(40)47)36-12-4-3-5-13-36/h2*3-30H,1-2H3. The lowest BCUT2D eigenvalue weighted by molar-refractivity contribution is 0.592. The first kappa shape index (κ1) is 60.8. The molecule has 2 aliphatic heterocycles. The Labute approximate surface area is 604 Å². The van der Waals surface area contributed by atoms with Gasteiger partial charge in [-0.2, -0.15) is 0 Å². The molecule has 2 atom stereocenters. The van der Waals surface area contributed by atoms with Crippen LogP contribution in [0.15, 0.2) is 340 Å². The first-order valence-corrected chi connectivity index (χ1v) is 39.5. The number of nitrogens with zero attached hydrogens (tertiary/aromatic N) is 2. The van der Waals surface area contributed by atoms with Gasteiger partial charge < -0.3 is 18.3 Å². The molecule has 0 spiro atoms. The van der Waals surface area contributed by atoms with Gasteiger partial charge in [0.25, 0.3) is 0 Å². The molecule has 2 aliphatic carbocycles. The van der Waals surface area contributed by atoms with Crippen molar-refractivity contribution in [2.24, 2.45) is 0 Å². The first-order chi connectivity index (χ1) is 50.9. The SMILES string of the molecule is CC1(C)c2ccccc2-c2ccc(-c3ccc4cc(-n5c6ccccc6c6c7c(ccc65)-c5ccccc5P7(=O)c5ccccc5)ccc4c3)cc21.CC1(C)c2ccccc2-c2ccc(-c3cccc4c(-n5c6ccccc6c6c7c(ccc65)-c5ccccc5P7(=O)c5ccccc5)cccc34)cc21. The molecule has 0 bridgehead atoms. The van der Waals surface area contributed by atoms with E-state index in [1.807, 2.05) is 72.8 Å². The highest BCUT2D eigenvalue weighted by Crippen LogP contribution is 2.58. The zero-order valence-corrected chi connectivity index (χ0v) is 59.7. The lowest BCUT2D eigenvalue weighted by atomic mass is 9.81. The lowest BCUT2D eigenvalue weighted by Crippen LogP contribution is -2.21. The Morgan fingerprint density at radius 1 is 0.260 bits per heavy atom. The highest BCUT2D eigenvalue weighted by atomic mass is 31.2. The quantitative estimate of drug-likeness (QED) is 0.156. The van der Waals surface area contributed by atoms with Crippen molar-refractivity contribution in [2.45, 2.75) is 38.5 Å². The van der Waals surface area contributed by atoms with Crippen LogP contribution in [0.2, 0.25) is 0 Å². The molecule has 0 amide bonds. The van der Waals surface area contributed by atoms with Crippen LogP contribution >= 0.6 is 14.3 Å². The zero-order chi connectivity index (χ0) is 69.5. The van der Waals surface area contributed by atoms with E-state index in [2.05, 4.69) is 304 Å². The number of hydrogen-bond donors (Lipinski definition) is 0. The molecule has 0 radical (unpaired) electrons. The number of rotatable bonds is 6. The normalized spacial score (nSPS) is 16.6. The highest BCUT2D eigenvalue weighted by molar-refractivity contribution is 7.87. The molecule has 0 N–H and O–H groups in total. The Bertz CT molecular complexity index is 6870. The molecule has 4 heterocycles. The Kier molecular flexibility index (Phi) is 13.0. The fraction of sp³-hybridized carbons (Fsp3) is 0.0612. The molecule has 2 unspecified atom stereocenters. The second-order valence-electron chi connectivity index (χ2n) is 29.6. The van der Waals surface area contributed by atoms with Crippen molar-refractivity contribution in [3.8, 4) is 78.1 Å². The van der Waals surface area contributed by atoms with Crippen molar-refractivity contribution in [3.63, 3.8) is 0 Å². The predicted octanol–water partition coefficient (Wildman–Crippen LogP) is 23.1. The molecular weight excluding hydrogens is 1300 g/mol. The van der Waals surface area contributed by atoms with Gasteiger partial charge in [0, 0.05) is 75.3 Å². The third kappa shape index (κ3) is 8.38. The Morgan fingerprint density at radius 3 is 1.26 bits per heavy atom. The van der Waals surface area contributed by atoms with E-state index >= 15 is 9.13 Å². The van der Waals surface area contributed by atoms with Gasteiger partial charge in [0.05, 0.1) is 27.8 Å². The summed E-state index contributed by atoms with van der Waals surface area (Å²) in [4.78, 5) is 0. The van der Waals surface area contributed by atoms with Crippen molar-refractivity contribution in [1.29, 1.82) is 0 Å². The van der Waals surface area contributed by atoms with Gasteiger partial charge in [0.1, 0.15) is 0 Å². The van der Waals surface area contributed by atoms with Gasteiger partial charge in [-0.1, -0.05) is 307 Å². The zero-order valence-electron chi connectivity index (χ0n) is 57.9. The van der Waals surface area contributed by atoms with Crippen LogP contribution in [0.5, 0.6) is 0 Å². The first-order valence-electron chi connectivity index (χ1n) is 36.1. The van der Waals surface area contributed by atoms with Gasteiger partial charge in [-0.25, -0.2) is 0 Å². The van der Waals surface area contributed by atoms with Crippen LogP contribution in [0.1, 0.15) is 49.9 Å². The van der Waals surface area contributed by atoms with Gasteiger partial charge in [-0.15, -0.1) is 0 Å². The van der Waals surface area contributed by atoms with Crippen LogP contribution in [0, 0.1) is 0 Å². The minimum atomic E-state index is -3.18. The predicted molar refractivity (Wildman–Crippen MR) is 439 cm³/mol. The second-order valence-corrected chi connectivity index (χ2v) is 35.0. The third-order valence-corrected chi connectivity index (χ3v) is 30.0. The molecule has 22 rings (SSSR count). The maximum atomic E-state index is 15.9. The molecule has 0 saturated carbocycles. The largest absolute Gasteiger partial charge is 0.309 e. The van der Waals surface area contributed by atoms with E-state index < -0.39 is 14.3 Å². The Balaban J connectivity index is 0.000000134. The molecule has 6 heteroatoms. The minimum absolute atomic E-state index is 0.0340. The maximum absolute atomic E-state index is 15.9. The summed E-state index contributed by atoms with van der Waals surface area (Å²) in [5, 5.41) is 14.7. The van der Waals surface area contributed by atoms with Crippen molar-refractivity contribution < 1.29 is 9.13 Å². The summed E-state index contributed by atoms with van der Waals surface area (Å²) in [6.07, 6.45) is 0. The molecule has 4 aliphatic rings. The summed E-state index contributed by atoms with van der Waals surface area (Å²) in [5.41, 5.74) is 26.6. The number of fused-ring (bicyclic) bond motifs is 22. The fourth-order valence-corrected chi connectivity index (χ4v) is 25.3. The van der Waals surface area contributed by atoms with E-state index in [1.54, 1.807) is 0 Å². The molecule has 104 heavy (non-hydrogen) atoms. The monoisotopic (exact) mass is 1370 g/mol. The average Bonchev–Trinajstić information content (AvgIpc) is 1.53. The van der Waals surface area contributed by atoms with Crippen molar-refractivity contribution >= 4 is 111 Å². The van der Waals surface area contributed by atoms with E-state index in [9.17, 15) is 0 Å². The van der Waals surface area contributed by atoms with Crippen LogP contribution in [-0.2, 0) is 20.0 Å². The Morgan fingerprint density at radius 2 is 0.663 bits per heavy atom. The maximum Gasteiger partial charge on any atom is 0.172 e. The van der Waals surface area contributed by atoms with Gasteiger partial charge in [-0.05, 0) is 166 Å². The molecule has 0 fully saturated rings. The average molecular weight is 1370 g/mol. The topological polar surface area (TPSA) is 44.0 Å². The summed E-state index contributed by atoms with van der Waals surface area (Å²) in [6, 6.07) is 121. The molecule has 4 nitrogen and oxygen atoms in total. The summed E-state index contributed by atoms with van der Waals surface area (Å²) >= 11 is 0. The van der Waals surface area contributed by atoms with Gasteiger partial charge in [-0.3, -0.25) is 0 Å². The van der Waals surface area contributed by atoms with E-state index in [-0.39, 0.29) is 10.8 Å². The number of para-hydroxylation sites is 2. The lowest BCUT2D eigenvalue weighted by Gasteiger charge is -2.22. The fourth-order valence-electron chi connectivity index (χ4n) is 18.8. The molecule has 492 valence electrons. The van der Waals surface area contributed by atoms with E-state index in [4.69, 9.17) is 0 Å². The van der Waals surface area contributed by atoms with Crippen molar-refractivity contribution in [2.75, 3.05) is 0 Å². The molecular formula is C98H68N2O2P2. The summed E-state index contributed by atoms with van der Waals surface area (Å²) in [5.74, 6) is 0. The molecule has 18 aromatic rings. The minimum Gasteiger partial charge on any atom is -0.309 e. The van der Waals surface area contributed by atoms with E-state index in [0.717, 1.165) is 109 Å². The summed E-state index contributed by atoms with van der Waals surface area (Å²) < 4.78 is 36.4. The van der Waals surface area contributed by atoms with Crippen LogP contribution in [0.3, 0.4) is 0 Å². The number of benzene rings is 16. The van der Waals surface area contributed by atoms with E-state index in [1.165, 1.54) is 88.3 Å². The summed E-state index contributed by atoms with van der Waals surface area (Å²) in [6.45, 7) is 9.37. The van der Waals surface area contributed by atoms with Gasteiger partial charge in [0.2, 0.25) is 0 Å². The molecule has 0 saturated heterocycles. The smallest absolute Gasteiger partial charge is 0.172 e. The van der Waals surface area contributed by atoms with Crippen molar-refractivity contribution in [1.82, 2.24) is 9.13 Å². The molecule has 2 aromatic heterocycles. The van der Waals surface area contributed by atoms with Crippen molar-refractivity contribution in [3.05, 3.63) is 362 Å². The van der Waals surface area contributed by atoms with Gasteiger partial charge in [0.15, 0.2) is 14.3 Å². The van der Waals surface area contributed by atoms with Crippen LogP contribution < -0.4 is 31.8 Å². The van der Waals surface area contributed by atoms with E-state index in [0.29, 0.717) is 0 Å².